The summed E-state index contributed by atoms with van der Waals surface area (Å²) in [6.45, 7) is 9.03. The highest BCUT2D eigenvalue weighted by atomic mass is 16.6. The standard InChI is InChI=1S/C23H32N2O4/c1-23(2,3)29-22(27)25-15-18-13-19(25)14-24(18)11-4-12-28-20-9-7-17(8-10-20)21(26)16-5-6-16/h7-10,16,18-19H,4-6,11-15H2,1-3H3/t18-,19-/m0/s1. The Morgan fingerprint density at radius 1 is 1.07 bits per heavy atom. The average molecular weight is 401 g/mol. The zero-order valence-corrected chi connectivity index (χ0v) is 17.7. The number of carbonyl (C=O) groups is 2. The van der Waals surface area contributed by atoms with E-state index in [1.54, 1.807) is 0 Å². The summed E-state index contributed by atoms with van der Waals surface area (Å²) in [5.41, 5.74) is 0.349. The van der Waals surface area contributed by atoms with Gasteiger partial charge in [0.25, 0.3) is 0 Å². The molecule has 0 N–H and O–H groups in total. The molecule has 1 saturated carbocycles. The van der Waals surface area contributed by atoms with Gasteiger partial charge in [-0.1, -0.05) is 0 Å². The molecule has 3 fully saturated rings. The summed E-state index contributed by atoms with van der Waals surface area (Å²) in [7, 11) is 0. The summed E-state index contributed by atoms with van der Waals surface area (Å²) in [5, 5.41) is 0. The summed E-state index contributed by atoms with van der Waals surface area (Å²) in [6.07, 6.45) is 3.86. The van der Waals surface area contributed by atoms with Crippen LogP contribution < -0.4 is 4.74 Å². The van der Waals surface area contributed by atoms with Crippen LogP contribution in [0.1, 0.15) is 56.8 Å². The monoisotopic (exact) mass is 400 g/mol. The number of rotatable bonds is 7. The molecule has 2 aliphatic heterocycles. The topological polar surface area (TPSA) is 59.1 Å². The van der Waals surface area contributed by atoms with Crippen molar-refractivity contribution < 1.29 is 19.1 Å². The van der Waals surface area contributed by atoms with Gasteiger partial charge in [-0.05, 0) is 70.7 Å². The van der Waals surface area contributed by atoms with E-state index >= 15 is 0 Å². The van der Waals surface area contributed by atoms with Crippen LogP contribution in [-0.4, -0.2) is 65.6 Å². The van der Waals surface area contributed by atoms with Gasteiger partial charge in [-0.3, -0.25) is 9.69 Å². The van der Waals surface area contributed by atoms with Gasteiger partial charge >= 0.3 is 6.09 Å². The van der Waals surface area contributed by atoms with E-state index in [-0.39, 0.29) is 23.8 Å². The van der Waals surface area contributed by atoms with Crippen LogP contribution >= 0.6 is 0 Å². The Hall–Kier alpha value is -2.08. The van der Waals surface area contributed by atoms with Crippen LogP contribution in [-0.2, 0) is 4.74 Å². The maximum atomic E-state index is 12.3. The fraction of sp³-hybridized carbons (Fsp3) is 0.652. The molecular weight excluding hydrogens is 368 g/mol. The van der Waals surface area contributed by atoms with E-state index in [4.69, 9.17) is 9.47 Å². The largest absolute Gasteiger partial charge is 0.494 e. The Labute approximate surface area is 173 Å². The van der Waals surface area contributed by atoms with Crippen molar-refractivity contribution in [3.05, 3.63) is 29.8 Å². The molecule has 0 radical (unpaired) electrons. The van der Waals surface area contributed by atoms with Gasteiger partial charge in [0.15, 0.2) is 5.78 Å². The minimum Gasteiger partial charge on any atom is -0.494 e. The van der Waals surface area contributed by atoms with E-state index in [9.17, 15) is 9.59 Å². The highest BCUT2D eigenvalue weighted by molar-refractivity contribution is 5.99. The minimum atomic E-state index is -0.445. The molecule has 1 aromatic carbocycles. The number of benzene rings is 1. The lowest BCUT2D eigenvalue weighted by atomic mass is 10.1. The van der Waals surface area contributed by atoms with Gasteiger partial charge in [0.05, 0.1) is 6.61 Å². The Balaban J connectivity index is 1.16. The normalized spacial score (nSPS) is 24.0. The van der Waals surface area contributed by atoms with Crippen LogP contribution in [0.25, 0.3) is 0 Å². The fourth-order valence-corrected chi connectivity index (χ4v) is 4.32. The van der Waals surface area contributed by atoms with Crippen molar-refractivity contribution >= 4 is 11.9 Å². The first-order chi connectivity index (χ1) is 13.8. The third-order valence-corrected chi connectivity index (χ3v) is 5.93. The molecule has 6 heteroatoms. The lowest BCUT2D eigenvalue weighted by Gasteiger charge is -2.35. The molecule has 6 nitrogen and oxygen atoms in total. The number of ether oxygens (including phenoxy) is 2. The number of carbonyl (C=O) groups excluding carboxylic acids is 2. The van der Waals surface area contributed by atoms with Crippen molar-refractivity contribution in [2.45, 2.75) is 64.1 Å². The Bertz CT molecular complexity index is 751. The van der Waals surface area contributed by atoms with E-state index in [1.165, 1.54) is 0 Å². The van der Waals surface area contributed by atoms with E-state index in [2.05, 4.69) is 4.90 Å². The van der Waals surface area contributed by atoms with Gasteiger partial charge in [-0.25, -0.2) is 4.79 Å². The number of fused-ring (bicyclic) bond motifs is 2. The number of amides is 1. The summed E-state index contributed by atoms with van der Waals surface area (Å²) in [4.78, 5) is 28.7. The first kappa shape index (κ1) is 20.2. The van der Waals surface area contributed by atoms with Gasteiger partial charge in [0.2, 0.25) is 0 Å². The third-order valence-electron chi connectivity index (χ3n) is 5.93. The predicted octanol–water partition coefficient (Wildman–Crippen LogP) is 3.74. The zero-order chi connectivity index (χ0) is 20.6. The first-order valence-electron chi connectivity index (χ1n) is 10.8. The van der Waals surface area contributed by atoms with Crippen LogP contribution in [0, 0.1) is 5.92 Å². The smallest absolute Gasteiger partial charge is 0.410 e. The molecule has 2 atom stereocenters. The summed E-state index contributed by atoms with van der Waals surface area (Å²) in [5.74, 6) is 1.33. The summed E-state index contributed by atoms with van der Waals surface area (Å²) >= 11 is 0. The van der Waals surface area contributed by atoms with E-state index in [1.807, 2.05) is 49.9 Å². The van der Waals surface area contributed by atoms with Crippen LogP contribution in [0.3, 0.4) is 0 Å². The van der Waals surface area contributed by atoms with Crippen LogP contribution in [0.5, 0.6) is 5.75 Å². The van der Waals surface area contributed by atoms with E-state index in [0.717, 1.165) is 56.6 Å². The molecule has 1 aromatic rings. The molecule has 2 saturated heterocycles. The third kappa shape index (κ3) is 4.92. The summed E-state index contributed by atoms with van der Waals surface area (Å²) < 4.78 is 11.4. The second-order valence-electron chi connectivity index (χ2n) is 9.54. The van der Waals surface area contributed by atoms with Crippen molar-refractivity contribution in [1.82, 2.24) is 9.80 Å². The first-order valence-corrected chi connectivity index (χ1v) is 10.8. The van der Waals surface area contributed by atoms with Crippen LogP contribution in [0.15, 0.2) is 24.3 Å². The lowest BCUT2D eigenvalue weighted by molar-refractivity contribution is 0.0126. The molecule has 0 aromatic heterocycles. The number of nitrogens with zero attached hydrogens (tertiary/aromatic N) is 2. The molecule has 4 rings (SSSR count). The number of ketones is 1. The summed E-state index contributed by atoms with van der Waals surface area (Å²) in [6, 6.07) is 8.24. The maximum Gasteiger partial charge on any atom is 0.410 e. The number of likely N-dealkylation sites (tertiary alicyclic amines) is 2. The van der Waals surface area contributed by atoms with Gasteiger partial charge in [-0.2, -0.15) is 0 Å². The van der Waals surface area contributed by atoms with Gasteiger partial charge in [0.1, 0.15) is 11.4 Å². The molecule has 0 unspecified atom stereocenters. The van der Waals surface area contributed by atoms with Crippen molar-refractivity contribution in [2.75, 3.05) is 26.2 Å². The molecular formula is C23H32N2O4. The SMILES string of the molecule is CC(C)(C)OC(=O)N1C[C@@H]2C[C@H]1CN2CCCOc1ccc(C(=O)C2CC2)cc1. The van der Waals surface area contributed by atoms with E-state index < -0.39 is 5.60 Å². The molecule has 1 aliphatic carbocycles. The maximum absolute atomic E-state index is 12.3. The number of hydrogen-bond acceptors (Lipinski definition) is 5. The number of piperazine rings is 1. The van der Waals surface area contributed by atoms with Crippen LogP contribution in [0.2, 0.25) is 0 Å². The second kappa shape index (κ2) is 7.98. The lowest BCUT2D eigenvalue weighted by Crippen LogP contribution is -2.50. The van der Waals surface area contributed by atoms with E-state index in [0.29, 0.717) is 12.6 Å². The Kier molecular flexibility index (Phi) is 5.56. The molecule has 0 spiro atoms. The second-order valence-corrected chi connectivity index (χ2v) is 9.54. The zero-order valence-electron chi connectivity index (χ0n) is 17.7. The Morgan fingerprint density at radius 3 is 2.38 bits per heavy atom. The van der Waals surface area contributed by atoms with Gasteiger partial charge < -0.3 is 14.4 Å². The molecule has 1 amide bonds. The molecule has 3 aliphatic rings. The molecule has 2 bridgehead atoms. The Morgan fingerprint density at radius 2 is 1.79 bits per heavy atom. The van der Waals surface area contributed by atoms with Crippen molar-refractivity contribution in [1.29, 1.82) is 0 Å². The average Bonchev–Trinajstić information content (AvgIpc) is 3.33. The number of hydrogen-bond donors (Lipinski definition) is 0. The molecule has 2 heterocycles. The predicted molar refractivity (Wildman–Crippen MR) is 110 cm³/mol. The minimum absolute atomic E-state index is 0.184. The highest BCUT2D eigenvalue weighted by Gasteiger charge is 2.46. The highest BCUT2D eigenvalue weighted by Crippen LogP contribution is 2.33. The van der Waals surface area contributed by atoms with Crippen molar-refractivity contribution in [3.8, 4) is 5.75 Å². The van der Waals surface area contributed by atoms with Gasteiger partial charge in [-0.15, -0.1) is 0 Å². The van der Waals surface area contributed by atoms with Crippen molar-refractivity contribution in [2.24, 2.45) is 5.92 Å². The molecule has 158 valence electrons. The van der Waals surface area contributed by atoms with Gasteiger partial charge in [0, 0.05) is 43.2 Å². The fourth-order valence-electron chi connectivity index (χ4n) is 4.32. The van der Waals surface area contributed by atoms with Crippen molar-refractivity contribution in [3.63, 3.8) is 0 Å². The molecule has 29 heavy (non-hydrogen) atoms. The quantitative estimate of drug-likeness (QED) is 0.515. The van der Waals surface area contributed by atoms with Crippen LogP contribution in [0.4, 0.5) is 4.79 Å². The number of Topliss-reactive ketones (excluding diaryl/α,β-unsaturated/α-hetero) is 1.